The van der Waals surface area contributed by atoms with Gasteiger partial charge in [0.05, 0.1) is 10.0 Å². The maximum atomic E-state index is 6.19. The first kappa shape index (κ1) is 12.0. The second-order valence-corrected chi connectivity index (χ2v) is 6.02. The standard InChI is InChI=1S/C11H13ClN2S2/c1-6-4-16-11(10(6)12)8(13)3-9-14-7(2)5-15-9/h4-5,8H,3,13H2,1-2H3. The quantitative estimate of drug-likeness (QED) is 0.925. The van der Waals surface area contributed by atoms with E-state index in [0.717, 1.165) is 32.6 Å². The summed E-state index contributed by atoms with van der Waals surface area (Å²) in [7, 11) is 0. The molecule has 2 heterocycles. The summed E-state index contributed by atoms with van der Waals surface area (Å²) in [4.78, 5) is 5.47. The van der Waals surface area contributed by atoms with E-state index in [1.165, 1.54) is 0 Å². The Bertz CT molecular complexity index is 490. The van der Waals surface area contributed by atoms with Gasteiger partial charge in [0.2, 0.25) is 0 Å². The molecule has 0 bridgehead atoms. The van der Waals surface area contributed by atoms with Gasteiger partial charge in [0.15, 0.2) is 0 Å². The lowest BCUT2D eigenvalue weighted by Gasteiger charge is -2.08. The maximum Gasteiger partial charge on any atom is 0.0947 e. The van der Waals surface area contributed by atoms with E-state index < -0.39 is 0 Å². The minimum atomic E-state index is -0.0447. The molecule has 1 unspecified atom stereocenters. The normalized spacial score (nSPS) is 13.0. The molecule has 0 saturated heterocycles. The summed E-state index contributed by atoms with van der Waals surface area (Å²) in [5, 5.41) is 5.98. The number of aromatic nitrogens is 1. The number of hydrogen-bond acceptors (Lipinski definition) is 4. The summed E-state index contributed by atoms with van der Waals surface area (Å²) in [6.45, 7) is 4.00. The predicted octanol–water partition coefficient (Wildman–Crippen LogP) is 3.72. The third-order valence-electron chi connectivity index (χ3n) is 2.32. The van der Waals surface area contributed by atoms with E-state index in [1.54, 1.807) is 22.7 Å². The van der Waals surface area contributed by atoms with Gasteiger partial charge in [0, 0.05) is 28.4 Å². The van der Waals surface area contributed by atoms with Crippen molar-refractivity contribution in [2.45, 2.75) is 26.3 Å². The van der Waals surface area contributed by atoms with Crippen LogP contribution in [-0.2, 0) is 6.42 Å². The Morgan fingerprint density at radius 1 is 1.38 bits per heavy atom. The summed E-state index contributed by atoms with van der Waals surface area (Å²) < 4.78 is 0. The molecule has 2 aromatic rings. The molecule has 2 nitrogen and oxygen atoms in total. The molecule has 0 aromatic carbocycles. The van der Waals surface area contributed by atoms with Crippen LogP contribution < -0.4 is 5.73 Å². The number of hydrogen-bond donors (Lipinski definition) is 1. The zero-order valence-corrected chi connectivity index (χ0v) is 11.5. The Hall–Kier alpha value is -0.420. The highest BCUT2D eigenvalue weighted by atomic mass is 35.5. The number of thiophene rings is 1. The highest BCUT2D eigenvalue weighted by Gasteiger charge is 2.15. The summed E-state index contributed by atoms with van der Waals surface area (Å²) in [5.74, 6) is 0. The summed E-state index contributed by atoms with van der Waals surface area (Å²) in [5.41, 5.74) is 8.30. The Kier molecular flexibility index (Phi) is 3.64. The van der Waals surface area contributed by atoms with Crippen LogP contribution in [0.4, 0.5) is 0 Å². The lowest BCUT2D eigenvalue weighted by atomic mass is 10.2. The van der Waals surface area contributed by atoms with Crippen molar-refractivity contribution in [3.8, 4) is 0 Å². The van der Waals surface area contributed by atoms with Gasteiger partial charge < -0.3 is 5.73 Å². The maximum absolute atomic E-state index is 6.19. The van der Waals surface area contributed by atoms with Crippen LogP contribution in [0.15, 0.2) is 10.8 Å². The third kappa shape index (κ3) is 2.46. The van der Waals surface area contributed by atoms with Crippen molar-refractivity contribution < 1.29 is 0 Å². The minimum absolute atomic E-state index is 0.0447. The SMILES string of the molecule is Cc1csc(CC(N)c2scc(C)c2Cl)n1. The molecule has 0 saturated carbocycles. The van der Waals surface area contributed by atoms with Crippen LogP contribution in [0, 0.1) is 13.8 Å². The molecule has 0 fully saturated rings. The molecule has 0 aliphatic heterocycles. The van der Waals surface area contributed by atoms with E-state index in [1.807, 2.05) is 24.6 Å². The molecule has 2 rings (SSSR count). The van der Waals surface area contributed by atoms with Gasteiger partial charge in [-0.05, 0) is 24.8 Å². The van der Waals surface area contributed by atoms with Crippen LogP contribution >= 0.6 is 34.3 Å². The Morgan fingerprint density at radius 2 is 2.12 bits per heavy atom. The molecule has 0 amide bonds. The van der Waals surface area contributed by atoms with Crippen molar-refractivity contribution in [3.63, 3.8) is 0 Å². The zero-order chi connectivity index (χ0) is 11.7. The van der Waals surface area contributed by atoms with Crippen LogP contribution in [0.25, 0.3) is 0 Å². The molecular formula is C11H13ClN2S2. The first-order valence-corrected chi connectivity index (χ1v) is 7.11. The van der Waals surface area contributed by atoms with Crippen molar-refractivity contribution in [3.05, 3.63) is 36.9 Å². The topological polar surface area (TPSA) is 38.9 Å². The molecule has 2 N–H and O–H groups in total. The molecule has 5 heteroatoms. The largest absolute Gasteiger partial charge is 0.323 e. The van der Waals surface area contributed by atoms with Crippen LogP contribution in [0.3, 0.4) is 0 Å². The van der Waals surface area contributed by atoms with Gasteiger partial charge >= 0.3 is 0 Å². The van der Waals surface area contributed by atoms with Crippen LogP contribution in [0.1, 0.15) is 27.2 Å². The first-order valence-electron chi connectivity index (χ1n) is 4.98. The Balaban J connectivity index is 2.14. The third-order valence-corrected chi connectivity index (χ3v) is 5.16. The fraction of sp³-hybridized carbons (Fsp3) is 0.364. The van der Waals surface area contributed by atoms with Crippen molar-refractivity contribution in [1.82, 2.24) is 4.98 Å². The van der Waals surface area contributed by atoms with Crippen molar-refractivity contribution in [2.75, 3.05) is 0 Å². The lowest BCUT2D eigenvalue weighted by Crippen LogP contribution is -2.12. The van der Waals surface area contributed by atoms with Gasteiger partial charge in [-0.1, -0.05) is 11.6 Å². The molecule has 16 heavy (non-hydrogen) atoms. The monoisotopic (exact) mass is 272 g/mol. The summed E-state index contributed by atoms with van der Waals surface area (Å²) in [6.07, 6.45) is 0.762. The number of nitrogens with zero attached hydrogens (tertiary/aromatic N) is 1. The van der Waals surface area contributed by atoms with Gasteiger partial charge in [-0.3, -0.25) is 0 Å². The molecule has 0 aliphatic rings. The van der Waals surface area contributed by atoms with Crippen molar-refractivity contribution in [2.24, 2.45) is 5.73 Å². The van der Waals surface area contributed by atoms with Crippen LogP contribution in [-0.4, -0.2) is 4.98 Å². The van der Waals surface area contributed by atoms with Gasteiger partial charge in [-0.25, -0.2) is 4.98 Å². The van der Waals surface area contributed by atoms with Crippen LogP contribution in [0.5, 0.6) is 0 Å². The average Bonchev–Trinajstić information content (AvgIpc) is 2.76. The van der Waals surface area contributed by atoms with Crippen molar-refractivity contribution in [1.29, 1.82) is 0 Å². The molecule has 0 aliphatic carbocycles. The van der Waals surface area contributed by atoms with Gasteiger partial charge in [0.25, 0.3) is 0 Å². The highest BCUT2D eigenvalue weighted by Crippen LogP contribution is 2.33. The predicted molar refractivity (Wildman–Crippen MR) is 71.5 cm³/mol. The fourth-order valence-electron chi connectivity index (χ4n) is 1.48. The number of nitrogens with two attached hydrogens (primary N) is 1. The number of aryl methyl sites for hydroxylation is 2. The smallest absolute Gasteiger partial charge is 0.0947 e. The molecule has 2 aromatic heterocycles. The second kappa shape index (κ2) is 4.84. The van der Waals surface area contributed by atoms with Crippen LogP contribution in [0.2, 0.25) is 5.02 Å². The number of halogens is 1. The van der Waals surface area contributed by atoms with Gasteiger partial charge in [0.1, 0.15) is 0 Å². The minimum Gasteiger partial charge on any atom is -0.323 e. The molecule has 0 radical (unpaired) electrons. The van der Waals surface area contributed by atoms with Gasteiger partial charge in [-0.2, -0.15) is 0 Å². The highest BCUT2D eigenvalue weighted by molar-refractivity contribution is 7.11. The summed E-state index contributed by atoms with van der Waals surface area (Å²) in [6, 6.07) is -0.0447. The average molecular weight is 273 g/mol. The summed E-state index contributed by atoms with van der Waals surface area (Å²) >= 11 is 9.47. The molecular weight excluding hydrogens is 260 g/mol. The van der Waals surface area contributed by atoms with Crippen molar-refractivity contribution >= 4 is 34.3 Å². The number of rotatable bonds is 3. The van der Waals surface area contributed by atoms with E-state index in [0.29, 0.717) is 0 Å². The second-order valence-electron chi connectivity index (χ2n) is 3.79. The molecule has 0 spiro atoms. The number of thiazole rings is 1. The van der Waals surface area contributed by atoms with E-state index in [4.69, 9.17) is 17.3 Å². The Labute approximate surface area is 108 Å². The van der Waals surface area contributed by atoms with E-state index in [-0.39, 0.29) is 6.04 Å². The molecule has 1 atom stereocenters. The van der Waals surface area contributed by atoms with E-state index >= 15 is 0 Å². The van der Waals surface area contributed by atoms with Gasteiger partial charge in [-0.15, -0.1) is 22.7 Å². The first-order chi connectivity index (χ1) is 7.58. The molecule has 86 valence electrons. The zero-order valence-electron chi connectivity index (χ0n) is 9.16. The van der Waals surface area contributed by atoms with E-state index in [2.05, 4.69) is 4.98 Å². The fourth-order valence-corrected chi connectivity index (χ4v) is 3.65. The Morgan fingerprint density at radius 3 is 2.62 bits per heavy atom. The van der Waals surface area contributed by atoms with E-state index in [9.17, 15) is 0 Å². The lowest BCUT2D eigenvalue weighted by molar-refractivity contribution is 0.730.